The van der Waals surface area contributed by atoms with Gasteiger partial charge >= 0.3 is 5.97 Å². The number of hydrogen-bond acceptors (Lipinski definition) is 4. The molecule has 2 aliphatic rings. The van der Waals surface area contributed by atoms with Gasteiger partial charge in [0.15, 0.2) is 4.33 Å². The molecule has 0 unspecified atom stereocenters. The lowest BCUT2D eigenvalue weighted by atomic mass is 9.70. The number of aliphatic hydroxyl groups is 2. The molecule has 1 saturated heterocycles. The van der Waals surface area contributed by atoms with E-state index in [0.717, 1.165) is 0 Å². The SMILES string of the molecule is O=C(O)[C@@H]1CS[C@H]2[C@@H]1C(O)(O)C2(Cl)Cl. The smallest absolute Gasteiger partial charge is 0.307 e. The molecule has 14 heavy (non-hydrogen) atoms. The Labute approximate surface area is 94.2 Å². The molecule has 0 aromatic carbocycles. The van der Waals surface area contributed by atoms with E-state index in [9.17, 15) is 15.0 Å². The van der Waals surface area contributed by atoms with Crippen LogP contribution < -0.4 is 0 Å². The summed E-state index contributed by atoms with van der Waals surface area (Å²) in [6, 6.07) is 0. The van der Waals surface area contributed by atoms with E-state index in [2.05, 4.69) is 0 Å². The van der Waals surface area contributed by atoms with Gasteiger partial charge in [-0.25, -0.2) is 0 Å². The van der Waals surface area contributed by atoms with Gasteiger partial charge in [0.1, 0.15) is 0 Å². The molecule has 4 nitrogen and oxygen atoms in total. The van der Waals surface area contributed by atoms with Crippen LogP contribution in [0.5, 0.6) is 0 Å². The van der Waals surface area contributed by atoms with Crippen LogP contribution in [0.4, 0.5) is 0 Å². The molecule has 0 aromatic rings. The highest BCUT2D eigenvalue weighted by atomic mass is 35.5. The fourth-order valence-electron chi connectivity index (χ4n) is 2.01. The highest BCUT2D eigenvalue weighted by Crippen LogP contribution is 2.64. The minimum absolute atomic E-state index is 0.314. The second-order valence-electron chi connectivity index (χ2n) is 3.57. The number of carboxylic acids is 1. The summed E-state index contributed by atoms with van der Waals surface area (Å²) in [7, 11) is 0. The van der Waals surface area contributed by atoms with E-state index < -0.39 is 33.2 Å². The number of aliphatic carboxylic acids is 1. The van der Waals surface area contributed by atoms with Gasteiger partial charge in [0.25, 0.3) is 0 Å². The van der Waals surface area contributed by atoms with Crippen molar-refractivity contribution in [3.05, 3.63) is 0 Å². The number of fused-ring (bicyclic) bond motifs is 1. The Balaban J connectivity index is 2.28. The third kappa shape index (κ3) is 1.08. The van der Waals surface area contributed by atoms with Gasteiger partial charge in [-0.15, -0.1) is 0 Å². The average molecular weight is 259 g/mol. The quantitative estimate of drug-likeness (QED) is 0.466. The normalized spacial score (nSPS) is 42.7. The molecule has 1 saturated carbocycles. The maximum atomic E-state index is 10.8. The van der Waals surface area contributed by atoms with E-state index in [4.69, 9.17) is 28.3 Å². The van der Waals surface area contributed by atoms with Crippen LogP contribution >= 0.6 is 35.0 Å². The summed E-state index contributed by atoms with van der Waals surface area (Å²) in [5.41, 5.74) is 0. The molecule has 2 rings (SSSR count). The summed E-state index contributed by atoms with van der Waals surface area (Å²) in [6.07, 6.45) is 0. The van der Waals surface area contributed by atoms with Crippen LogP contribution in [0, 0.1) is 11.8 Å². The monoisotopic (exact) mass is 258 g/mol. The van der Waals surface area contributed by atoms with Crippen LogP contribution in [0.15, 0.2) is 0 Å². The fraction of sp³-hybridized carbons (Fsp3) is 0.857. The summed E-state index contributed by atoms with van der Waals surface area (Å²) in [6.45, 7) is 0. The first kappa shape index (κ1) is 10.8. The van der Waals surface area contributed by atoms with Crippen molar-refractivity contribution in [3.63, 3.8) is 0 Å². The molecule has 0 aromatic heterocycles. The Morgan fingerprint density at radius 3 is 2.50 bits per heavy atom. The number of alkyl halides is 2. The Bertz CT molecular complexity index is 293. The maximum Gasteiger partial charge on any atom is 0.307 e. The lowest BCUT2D eigenvalue weighted by Crippen LogP contribution is -2.72. The number of rotatable bonds is 1. The zero-order chi connectivity index (χ0) is 10.7. The predicted octanol–water partition coefficient (Wildman–Crippen LogP) is 0.287. The third-order valence-corrected chi connectivity index (χ3v) is 5.69. The lowest BCUT2D eigenvalue weighted by Gasteiger charge is -2.54. The zero-order valence-electron chi connectivity index (χ0n) is 6.85. The molecular weight excluding hydrogens is 251 g/mol. The molecule has 1 heterocycles. The van der Waals surface area contributed by atoms with Crippen LogP contribution in [-0.4, -0.2) is 42.4 Å². The van der Waals surface area contributed by atoms with E-state index in [1.807, 2.05) is 0 Å². The van der Waals surface area contributed by atoms with Crippen LogP contribution in [0.3, 0.4) is 0 Å². The van der Waals surface area contributed by atoms with Crippen molar-refractivity contribution >= 4 is 40.9 Å². The number of carbonyl (C=O) groups is 1. The van der Waals surface area contributed by atoms with Gasteiger partial charge in [0, 0.05) is 11.7 Å². The first-order chi connectivity index (χ1) is 6.30. The van der Waals surface area contributed by atoms with Gasteiger partial charge in [-0.1, -0.05) is 23.2 Å². The van der Waals surface area contributed by atoms with Crippen molar-refractivity contribution in [2.24, 2.45) is 11.8 Å². The van der Waals surface area contributed by atoms with Crippen molar-refractivity contribution in [3.8, 4) is 0 Å². The summed E-state index contributed by atoms with van der Waals surface area (Å²) >= 11 is 12.7. The highest BCUT2D eigenvalue weighted by molar-refractivity contribution is 8.00. The van der Waals surface area contributed by atoms with Crippen molar-refractivity contribution in [2.45, 2.75) is 15.4 Å². The molecule has 2 fully saturated rings. The molecule has 1 aliphatic heterocycles. The Hall–Kier alpha value is 0.320. The standard InChI is InChI=1S/C7H8Cl2O4S/c8-6(9)4-3(7(6,12)13)2(1-14-4)5(10)11/h2-4,12-13H,1H2,(H,10,11)/t2-,3-,4+/m1/s1. The predicted molar refractivity (Wildman–Crippen MR) is 52.5 cm³/mol. The third-order valence-electron chi connectivity index (χ3n) is 2.84. The molecule has 80 valence electrons. The largest absolute Gasteiger partial charge is 0.481 e. The molecule has 0 radical (unpaired) electrons. The molecule has 1 aliphatic carbocycles. The number of hydrogen-bond donors (Lipinski definition) is 3. The van der Waals surface area contributed by atoms with Crippen LogP contribution in [-0.2, 0) is 4.79 Å². The van der Waals surface area contributed by atoms with Crippen LogP contribution in [0.25, 0.3) is 0 Å². The second-order valence-corrected chi connectivity index (χ2v) is 6.13. The van der Waals surface area contributed by atoms with Gasteiger partial charge in [0.2, 0.25) is 5.79 Å². The van der Waals surface area contributed by atoms with Crippen molar-refractivity contribution in [1.29, 1.82) is 0 Å². The van der Waals surface area contributed by atoms with Gasteiger partial charge in [0.05, 0.1) is 11.2 Å². The molecule has 0 spiro atoms. The topological polar surface area (TPSA) is 77.8 Å². The summed E-state index contributed by atoms with van der Waals surface area (Å²) < 4.78 is -1.66. The van der Waals surface area contributed by atoms with Gasteiger partial charge in [-0.05, 0) is 0 Å². The lowest BCUT2D eigenvalue weighted by molar-refractivity contribution is -0.265. The van der Waals surface area contributed by atoms with Crippen molar-refractivity contribution in [2.75, 3.05) is 5.75 Å². The van der Waals surface area contributed by atoms with Crippen LogP contribution in [0.2, 0.25) is 0 Å². The number of carboxylic acid groups (broad SMARTS) is 1. The fourth-order valence-corrected chi connectivity index (χ4v) is 4.64. The molecule has 0 amide bonds. The second kappa shape index (κ2) is 2.92. The van der Waals surface area contributed by atoms with Crippen molar-refractivity contribution < 1.29 is 20.1 Å². The number of thioether (sulfide) groups is 1. The first-order valence-corrected chi connectivity index (χ1v) is 5.77. The maximum absolute atomic E-state index is 10.8. The van der Waals surface area contributed by atoms with Gasteiger partial charge in [-0.3, -0.25) is 4.79 Å². The zero-order valence-corrected chi connectivity index (χ0v) is 9.18. The van der Waals surface area contributed by atoms with Gasteiger partial charge < -0.3 is 15.3 Å². The van der Waals surface area contributed by atoms with E-state index in [0.29, 0.717) is 5.75 Å². The summed E-state index contributed by atoms with van der Waals surface area (Å²) in [5, 5.41) is 27.5. The minimum Gasteiger partial charge on any atom is -0.481 e. The van der Waals surface area contributed by atoms with Crippen LogP contribution in [0.1, 0.15) is 0 Å². The summed E-state index contributed by atoms with van der Waals surface area (Å²) in [5.74, 6) is -4.59. The molecule has 3 N–H and O–H groups in total. The Kier molecular flexibility index (Phi) is 2.26. The molecule has 3 atom stereocenters. The van der Waals surface area contributed by atoms with E-state index in [-0.39, 0.29) is 0 Å². The average Bonchev–Trinajstić information content (AvgIpc) is 2.46. The van der Waals surface area contributed by atoms with E-state index in [1.54, 1.807) is 0 Å². The minimum atomic E-state index is -2.30. The highest BCUT2D eigenvalue weighted by Gasteiger charge is 2.76. The first-order valence-electron chi connectivity index (χ1n) is 3.97. The van der Waals surface area contributed by atoms with E-state index in [1.165, 1.54) is 11.8 Å². The Morgan fingerprint density at radius 2 is 2.00 bits per heavy atom. The van der Waals surface area contributed by atoms with E-state index >= 15 is 0 Å². The summed E-state index contributed by atoms with van der Waals surface area (Å²) in [4.78, 5) is 10.8. The Morgan fingerprint density at radius 1 is 1.43 bits per heavy atom. The molecular formula is C7H8Cl2O4S. The van der Waals surface area contributed by atoms with Crippen molar-refractivity contribution in [1.82, 2.24) is 0 Å². The molecule has 7 heteroatoms. The van der Waals surface area contributed by atoms with Gasteiger partial charge in [-0.2, -0.15) is 11.8 Å². The molecule has 0 bridgehead atoms. The number of halogens is 2.